The Labute approximate surface area is 107 Å². The van der Waals surface area contributed by atoms with Crippen LogP contribution in [0.1, 0.15) is 47.0 Å². The fourth-order valence-electron chi connectivity index (χ4n) is 2.44. The van der Waals surface area contributed by atoms with Crippen LogP contribution < -0.4 is 5.73 Å². The second-order valence-electron chi connectivity index (χ2n) is 6.23. The standard InChI is InChI=1S/C14H31N3/c1-5-13(2)17-11-9-16(10-12-17)8-6-7-14(3,4)15/h13H,5-12,15H2,1-4H3. The normalized spacial score (nSPS) is 21.7. The molecule has 0 radical (unpaired) electrons. The highest BCUT2D eigenvalue weighted by Crippen LogP contribution is 2.11. The van der Waals surface area contributed by atoms with Gasteiger partial charge in [0.1, 0.15) is 0 Å². The Morgan fingerprint density at radius 3 is 2.24 bits per heavy atom. The number of rotatable bonds is 6. The van der Waals surface area contributed by atoms with Gasteiger partial charge in [-0.3, -0.25) is 4.90 Å². The summed E-state index contributed by atoms with van der Waals surface area (Å²) >= 11 is 0. The van der Waals surface area contributed by atoms with E-state index in [0.29, 0.717) is 0 Å². The van der Waals surface area contributed by atoms with Crippen molar-refractivity contribution in [1.29, 1.82) is 0 Å². The van der Waals surface area contributed by atoms with Crippen LogP contribution in [0.2, 0.25) is 0 Å². The van der Waals surface area contributed by atoms with E-state index in [2.05, 4.69) is 37.5 Å². The van der Waals surface area contributed by atoms with Gasteiger partial charge < -0.3 is 10.6 Å². The fourth-order valence-corrected chi connectivity index (χ4v) is 2.44. The lowest BCUT2D eigenvalue weighted by Gasteiger charge is -2.38. The highest BCUT2D eigenvalue weighted by atomic mass is 15.3. The Bertz CT molecular complexity index is 202. The molecule has 1 aliphatic rings. The molecule has 1 atom stereocenters. The minimum absolute atomic E-state index is 0.00144. The molecule has 3 nitrogen and oxygen atoms in total. The number of piperazine rings is 1. The summed E-state index contributed by atoms with van der Waals surface area (Å²) in [5, 5.41) is 0. The van der Waals surface area contributed by atoms with Crippen LogP contribution in [0.3, 0.4) is 0 Å². The molecule has 0 amide bonds. The van der Waals surface area contributed by atoms with Crippen LogP contribution in [0.4, 0.5) is 0 Å². The zero-order valence-corrected chi connectivity index (χ0v) is 12.2. The van der Waals surface area contributed by atoms with E-state index in [9.17, 15) is 0 Å². The van der Waals surface area contributed by atoms with Gasteiger partial charge in [-0.15, -0.1) is 0 Å². The summed E-state index contributed by atoms with van der Waals surface area (Å²) in [7, 11) is 0. The zero-order chi connectivity index (χ0) is 12.9. The van der Waals surface area contributed by atoms with E-state index in [0.717, 1.165) is 12.5 Å². The largest absolute Gasteiger partial charge is 0.326 e. The Balaban J connectivity index is 2.15. The first-order valence-corrected chi connectivity index (χ1v) is 7.17. The van der Waals surface area contributed by atoms with Gasteiger partial charge in [0.2, 0.25) is 0 Å². The monoisotopic (exact) mass is 241 g/mol. The molecular weight excluding hydrogens is 210 g/mol. The molecule has 1 saturated heterocycles. The molecular formula is C14H31N3. The molecule has 1 fully saturated rings. The minimum atomic E-state index is -0.00144. The third-order valence-electron chi connectivity index (χ3n) is 3.92. The summed E-state index contributed by atoms with van der Waals surface area (Å²) in [6.45, 7) is 15.0. The lowest BCUT2D eigenvalue weighted by atomic mass is 10.00. The van der Waals surface area contributed by atoms with Gasteiger partial charge in [-0.05, 0) is 46.6 Å². The van der Waals surface area contributed by atoms with Gasteiger partial charge in [0.15, 0.2) is 0 Å². The average Bonchev–Trinajstić information content (AvgIpc) is 2.27. The summed E-state index contributed by atoms with van der Waals surface area (Å²) in [4.78, 5) is 5.20. The second kappa shape index (κ2) is 6.72. The van der Waals surface area contributed by atoms with E-state index in [1.165, 1.54) is 45.6 Å². The highest BCUT2D eigenvalue weighted by molar-refractivity contribution is 4.77. The molecule has 1 aliphatic heterocycles. The van der Waals surface area contributed by atoms with Crippen molar-refractivity contribution in [3.8, 4) is 0 Å². The number of hydrogen-bond donors (Lipinski definition) is 1. The van der Waals surface area contributed by atoms with Gasteiger partial charge in [0.25, 0.3) is 0 Å². The maximum atomic E-state index is 6.00. The maximum Gasteiger partial charge on any atom is 0.0113 e. The van der Waals surface area contributed by atoms with Gasteiger partial charge in [-0.1, -0.05) is 6.92 Å². The lowest BCUT2D eigenvalue weighted by molar-refractivity contribution is 0.0985. The molecule has 0 aromatic rings. The third kappa shape index (κ3) is 5.84. The Kier molecular flexibility index (Phi) is 5.90. The van der Waals surface area contributed by atoms with Crippen LogP contribution >= 0.6 is 0 Å². The van der Waals surface area contributed by atoms with Crippen molar-refractivity contribution in [3.63, 3.8) is 0 Å². The number of nitrogens with zero attached hydrogens (tertiary/aromatic N) is 2. The van der Waals surface area contributed by atoms with Gasteiger partial charge in [-0.2, -0.15) is 0 Å². The SMILES string of the molecule is CCC(C)N1CCN(CCCC(C)(C)N)CC1. The van der Waals surface area contributed by atoms with Crippen molar-refractivity contribution in [2.45, 2.75) is 58.5 Å². The van der Waals surface area contributed by atoms with Crippen LogP contribution in [0.15, 0.2) is 0 Å². The topological polar surface area (TPSA) is 32.5 Å². The van der Waals surface area contributed by atoms with E-state index in [4.69, 9.17) is 5.73 Å². The Hall–Kier alpha value is -0.120. The highest BCUT2D eigenvalue weighted by Gasteiger charge is 2.20. The molecule has 1 heterocycles. The Morgan fingerprint density at radius 2 is 1.76 bits per heavy atom. The van der Waals surface area contributed by atoms with Gasteiger partial charge in [0.05, 0.1) is 0 Å². The first kappa shape index (κ1) is 14.9. The molecule has 3 heteroatoms. The van der Waals surface area contributed by atoms with Crippen LogP contribution in [0, 0.1) is 0 Å². The van der Waals surface area contributed by atoms with E-state index in [1.807, 2.05) is 0 Å². The molecule has 2 N–H and O–H groups in total. The first-order valence-electron chi connectivity index (χ1n) is 7.17. The van der Waals surface area contributed by atoms with Crippen molar-refractivity contribution in [1.82, 2.24) is 9.80 Å². The predicted molar refractivity (Wildman–Crippen MR) is 75.3 cm³/mol. The van der Waals surface area contributed by atoms with Crippen LogP contribution in [-0.4, -0.2) is 54.1 Å². The molecule has 0 aromatic carbocycles. The van der Waals surface area contributed by atoms with E-state index in [-0.39, 0.29) is 5.54 Å². The summed E-state index contributed by atoms with van der Waals surface area (Å²) < 4.78 is 0. The maximum absolute atomic E-state index is 6.00. The predicted octanol–water partition coefficient (Wildman–Crippen LogP) is 1.92. The van der Waals surface area contributed by atoms with Gasteiger partial charge >= 0.3 is 0 Å². The lowest BCUT2D eigenvalue weighted by Crippen LogP contribution is -2.49. The smallest absolute Gasteiger partial charge is 0.0113 e. The summed E-state index contributed by atoms with van der Waals surface area (Å²) in [6.07, 6.45) is 3.62. The van der Waals surface area contributed by atoms with Crippen LogP contribution in [0.25, 0.3) is 0 Å². The second-order valence-corrected chi connectivity index (χ2v) is 6.23. The molecule has 0 bridgehead atoms. The van der Waals surface area contributed by atoms with Crippen molar-refractivity contribution in [2.75, 3.05) is 32.7 Å². The summed E-state index contributed by atoms with van der Waals surface area (Å²) in [5.41, 5.74) is 6.00. The summed E-state index contributed by atoms with van der Waals surface area (Å²) in [6, 6.07) is 0.750. The minimum Gasteiger partial charge on any atom is -0.326 e. The van der Waals surface area contributed by atoms with Gasteiger partial charge in [0, 0.05) is 37.8 Å². The molecule has 0 aromatic heterocycles. The average molecular weight is 241 g/mol. The molecule has 0 spiro atoms. The van der Waals surface area contributed by atoms with E-state index < -0.39 is 0 Å². The van der Waals surface area contributed by atoms with E-state index in [1.54, 1.807) is 0 Å². The van der Waals surface area contributed by atoms with Gasteiger partial charge in [-0.25, -0.2) is 0 Å². The van der Waals surface area contributed by atoms with Crippen molar-refractivity contribution in [2.24, 2.45) is 5.73 Å². The third-order valence-corrected chi connectivity index (χ3v) is 3.92. The number of hydrogen-bond acceptors (Lipinski definition) is 3. The quantitative estimate of drug-likeness (QED) is 0.771. The molecule has 17 heavy (non-hydrogen) atoms. The van der Waals surface area contributed by atoms with E-state index >= 15 is 0 Å². The molecule has 102 valence electrons. The number of nitrogens with two attached hydrogens (primary N) is 1. The molecule has 0 aliphatic carbocycles. The fraction of sp³-hybridized carbons (Fsp3) is 1.00. The van der Waals surface area contributed by atoms with Crippen molar-refractivity contribution < 1.29 is 0 Å². The molecule has 0 saturated carbocycles. The molecule has 1 unspecified atom stereocenters. The van der Waals surface area contributed by atoms with Crippen molar-refractivity contribution >= 4 is 0 Å². The zero-order valence-electron chi connectivity index (χ0n) is 12.2. The van der Waals surface area contributed by atoms with Crippen LogP contribution in [-0.2, 0) is 0 Å². The first-order chi connectivity index (χ1) is 7.92. The van der Waals surface area contributed by atoms with Crippen molar-refractivity contribution in [3.05, 3.63) is 0 Å². The molecule has 1 rings (SSSR count). The van der Waals surface area contributed by atoms with Crippen LogP contribution in [0.5, 0.6) is 0 Å². The Morgan fingerprint density at radius 1 is 1.18 bits per heavy atom. The summed E-state index contributed by atoms with van der Waals surface area (Å²) in [5.74, 6) is 0.